The van der Waals surface area contributed by atoms with E-state index in [2.05, 4.69) is 29.2 Å². The molecule has 0 fully saturated rings. The summed E-state index contributed by atoms with van der Waals surface area (Å²) in [5.41, 5.74) is 5.01. The molecule has 5 nitrogen and oxygen atoms in total. The van der Waals surface area contributed by atoms with Crippen LogP contribution in [0, 0.1) is 0 Å². The molecule has 7 rings (SSSR count). The molecular weight excluding hydrogens is 420 g/mol. The van der Waals surface area contributed by atoms with Gasteiger partial charge in [0.25, 0.3) is 0 Å². The highest BCUT2D eigenvalue weighted by atomic mass is 16.1. The van der Waals surface area contributed by atoms with Gasteiger partial charge < -0.3 is 0 Å². The van der Waals surface area contributed by atoms with E-state index in [1.165, 1.54) is 0 Å². The Morgan fingerprint density at radius 2 is 1.12 bits per heavy atom. The molecule has 0 atom stereocenters. The van der Waals surface area contributed by atoms with Gasteiger partial charge in [0.15, 0.2) is 5.78 Å². The van der Waals surface area contributed by atoms with Gasteiger partial charge in [0.2, 0.25) is 0 Å². The number of hydrogen-bond acceptors (Lipinski definition) is 5. The van der Waals surface area contributed by atoms with Crippen LogP contribution in [-0.4, -0.2) is 20.7 Å². The Hall–Kier alpha value is -4.64. The quantitative estimate of drug-likeness (QED) is 0.335. The first kappa shape index (κ1) is 18.9. The van der Waals surface area contributed by atoms with Gasteiger partial charge >= 0.3 is 0 Å². The van der Waals surface area contributed by atoms with Crippen LogP contribution >= 0.6 is 0 Å². The largest absolute Gasteiger partial charge is 0.289 e. The van der Waals surface area contributed by atoms with Gasteiger partial charge in [-0.15, -0.1) is 0 Å². The van der Waals surface area contributed by atoms with E-state index in [4.69, 9.17) is 15.0 Å². The molecule has 0 radical (unpaired) electrons. The summed E-state index contributed by atoms with van der Waals surface area (Å²) >= 11 is 0. The van der Waals surface area contributed by atoms with Crippen LogP contribution in [0.25, 0.3) is 0 Å². The Bertz CT molecular complexity index is 1500. The number of para-hydroxylation sites is 1. The van der Waals surface area contributed by atoms with Crippen molar-refractivity contribution in [2.45, 2.75) is 5.41 Å². The summed E-state index contributed by atoms with van der Waals surface area (Å²) in [6, 6.07) is 29.8. The molecule has 160 valence electrons. The summed E-state index contributed by atoms with van der Waals surface area (Å²) in [6.07, 6.45) is 5.36. The Morgan fingerprint density at radius 1 is 0.559 bits per heavy atom. The highest BCUT2D eigenvalue weighted by Gasteiger charge is 2.53. The van der Waals surface area contributed by atoms with Crippen LogP contribution in [0.1, 0.15) is 38.3 Å². The van der Waals surface area contributed by atoms with Gasteiger partial charge in [-0.05, 0) is 42.0 Å². The molecule has 5 heteroatoms. The highest BCUT2D eigenvalue weighted by Crippen LogP contribution is 2.58. The first-order valence-corrected chi connectivity index (χ1v) is 11.2. The van der Waals surface area contributed by atoms with Crippen LogP contribution in [-0.2, 0) is 5.41 Å². The molecular formula is C29H18N4O. The molecule has 1 aliphatic heterocycles. The highest BCUT2D eigenvalue weighted by molar-refractivity contribution is 6.14. The number of aromatic nitrogens is 3. The SMILES string of the molecule is O=C1c2ccccc2C2(c3cccnc3N(c3ccccc3)c3ncccc32)c2ncccc21. The number of carbonyl (C=O) groups excluding carboxylic acids is 1. The maximum Gasteiger partial charge on any atom is 0.195 e. The van der Waals surface area contributed by atoms with Crippen LogP contribution < -0.4 is 4.90 Å². The van der Waals surface area contributed by atoms with Gasteiger partial charge in [0.1, 0.15) is 11.6 Å². The summed E-state index contributed by atoms with van der Waals surface area (Å²) in [5.74, 6) is 1.55. The Labute approximate surface area is 196 Å². The fraction of sp³-hybridized carbons (Fsp3) is 0.0345. The van der Waals surface area contributed by atoms with Gasteiger partial charge in [0, 0.05) is 46.5 Å². The number of benzene rings is 2. The fourth-order valence-electron chi connectivity index (χ4n) is 5.52. The average molecular weight is 438 g/mol. The topological polar surface area (TPSA) is 59.0 Å². The molecule has 5 aromatic rings. The van der Waals surface area contributed by atoms with E-state index in [1.807, 2.05) is 66.7 Å². The molecule has 34 heavy (non-hydrogen) atoms. The Morgan fingerprint density at radius 3 is 1.85 bits per heavy atom. The molecule has 0 bridgehead atoms. The maximum absolute atomic E-state index is 13.6. The van der Waals surface area contributed by atoms with Crippen LogP contribution in [0.3, 0.4) is 0 Å². The third kappa shape index (κ3) is 2.28. The number of nitrogens with zero attached hydrogens (tertiary/aromatic N) is 4. The molecule has 0 saturated carbocycles. The molecule has 1 spiro atoms. The van der Waals surface area contributed by atoms with Crippen LogP contribution in [0.15, 0.2) is 110 Å². The van der Waals surface area contributed by atoms with E-state index >= 15 is 0 Å². The first-order chi connectivity index (χ1) is 16.8. The maximum atomic E-state index is 13.6. The van der Waals surface area contributed by atoms with Crippen molar-refractivity contribution in [2.75, 3.05) is 4.90 Å². The normalized spacial score (nSPS) is 14.7. The van der Waals surface area contributed by atoms with Crippen molar-refractivity contribution >= 4 is 23.1 Å². The Balaban J connectivity index is 1.69. The second-order valence-electron chi connectivity index (χ2n) is 8.44. The minimum absolute atomic E-state index is 0.00862. The zero-order chi connectivity index (χ0) is 22.7. The number of fused-ring (bicyclic) bond motifs is 8. The van der Waals surface area contributed by atoms with Crippen LogP contribution in [0.2, 0.25) is 0 Å². The van der Waals surface area contributed by atoms with Gasteiger partial charge in [-0.25, -0.2) is 9.97 Å². The Kier molecular flexibility index (Phi) is 3.85. The van der Waals surface area contributed by atoms with Gasteiger partial charge in [-0.2, -0.15) is 0 Å². The van der Waals surface area contributed by atoms with E-state index < -0.39 is 5.41 Å². The molecule has 0 saturated heterocycles. The van der Waals surface area contributed by atoms with Crippen molar-refractivity contribution in [3.05, 3.63) is 143 Å². The lowest BCUT2D eigenvalue weighted by Crippen LogP contribution is -2.43. The molecule has 0 amide bonds. The summed E-state index contributed by atoms with van der Waals surface area (Å²) < 4.78 is 0. The van der Waals surface area contributed by atoms with E-state index in [0.29, 0.717) is 11.1 Å². The van der Waals surface area contributed by atoms with Crippen LogP contribution in [0.4, 0.5) is 17.3 Å². The predicted molar refractivity (Wildman–Crippen MR) is 130 cm³/mol. The van der Waals surface area contributed by atoms with E-state index in [1.54, 1.807) is 18.6 Å². The molecule has 2 aromatic carbocycles. The van der Waals surface area contributed by atoms with Crippen molar-refractivity contribution in [2.24, 2.45) is 0 Å². The summed E-state index contributed by atoms with van der Waals surface area (Å²) in [4.78, 5) is 30.2. The lowest BCUT2D eigenvalue weighted by Gasteiger charge is -2.46. The van der Waals surface area contributed by atoms with E-state index in [9.17, 15) is 4.79 Å². The monoisotopic (exact) mass is 438 g/mol. The lowest BCUT2D eigenvalue weighted by molar-refractivity contribution is 0.103. The second kappa shape index (κ2) is 6.93. The zero-order valence-corrected chi connectivity index (χ0v) is 18.1. The molecule has 1 aliphatic carbocycles. The third-order valence-corrected chi connectivity index (χ3v) is 6.80. The van der Waals surface area contributed by atoms with E-state index in [0.717, 1.165) is 39.7 Å². The standard InChI is InChI=1S/C29H18N4O/c34-25-20-11-4-5-13-22(20)29(26-21(25)12-6-16-30-26)23-14-7-17-31-27(23)33(19-9-2-1-3-10-19)28-24(29)15-8-18-32-28/h1-18H. The average Bonchev–Trinajstić information content (AvgIpc) is 2.91. The number of ketones is 1. The smallest absolute Gasteiger partial charge is 0.195 e. The number of rotatable bonds is 1. The van der Waals surface area contributed by atoms with Crippen LogP contribution in [0.5, 0.6) is 0 Å². The zero-order valence-electron chi connectivity index (χ0n) is 18.1. The molecule has 2 aliphatic rings. The summed E-state index contributed by atoms with van der Waals surface area (Å²) in [5, 5.41) is 0. The molecule has 4 heterocycles. The number of pyridine rings is 3. The fourth-order valence-corrected chi connectivity index (χ4v) is 5.52. The van der Waals surface area contributed by atoms with E-state index in [-0.39, 0.29) is 5.78 Å². The summed E-state index contributed by atoms with van der Waals surface area (Å²) in [6.45, 7) is 0. The van der Waals surface area contributed by atoms with Crippen molar-refractivity contribution < 1.29 is 4.79 Å². The van der Waals surface area contributed by atoms with Gasteiger partial charge in [0.05, 0.1) is 11.1 Å². The minimum atomic E-state index is -0.820. The molecule has 0 unspecified atom stereocenters. The van der Waals surface area contributed by atoms with Crippen molar-refractivity contribution in [3.63, 3.8) is 0 Å². The number of carbonyl (C=O) groups is 1. The van der Waals surface area contributed by atoms with Crippen molar-refractivity contribution in [1.82, 2.24) is 15.0 Å². The molecule has 3 aromatic heterocycles. The lowest BCUT2D eigenvalue weighted by atomic mass is 9.60. The predicted octanol–water partition coefficient (Wildman–Crippen LogP) is 5.58. The molecule has 0 N–H and O–H groups in total. The minimum Gasteiger partial charge on any atom is -0.289 e. The number of anilines is 3. The summed E-state index contributed by atoms with van der Waals surface area (Å²) in [7, 11) is 0. The second-order valence-corrected chi connectivity index (χ2v) is 8.44. The van der Waals surface area contributed by atoms with Gasteiger partial charge in [-0.1, -0.05) is 54.6 Å². The van der Waals surface area contributed by atoms with Crippen molar-refractivity contribution in [1.29, 1.82) is 0 Å². The van der Waals surface area contributed by atoms with Gasteiger partial charge in [-0.3, -0.25) is 14.7 Å². The van der Waals surface area contributed by atoms with Crippen molar-refractivity contribution in [3.8, 4) is 0 Å². The third-order valence-electron chi connectivity index (χ3n) is 6.80. The number of hydrogen-bond donors (Lipinski definition) is 0. The first-order valence-electron chi connectivity index (χ1n) is 11.2.